The molecular weight excluding hydrogens is 326 g/mol. The van der Waals surface area contributed by atoms with Crippen molar-refractivity contribution in [3.05, 3.63) is 83.6 Å². The number of benzene rings is 2. The van der Waals surface area contributed by atoms with Crippen LogP contribution < -0.4 is 5.32 Å². The highest BCUT2D eigenvalue weighted by atomic mass is 16.4. The highest BCUT2D eigenvalue weighted by Crippen LogP contribution is 2.20. The van der Waals surface area contributed by atoms with Crippen molar-refractivity contribution < 1.29 is 9.21 Å². The summed E-state index contributed by atoms with van der Waals surface area (Å²) in [5.41, 5.74) is 2.76. The SMILES string of the molecule is Cc1cc(C)n(Cc2ccc(C(=O)Nc3ccc4ccccc4c3)o2)n1. The first-order valence-electron chi connectivity index (χ1n) is 8.48. The van der Waals surface area contributed by atoms with Crippen molar-refractivity contribution in [2.75, 3.05) is 5.32 Å². The highest BCUT2D eigenvalue weighted by Gasteiger charge is 2.13. The standard InChI is InChI=1S/C21H19N3O2/c1-14-11-15(2)24(23-14)13-19-9-10-20(26-19)21(25)22-18-8-7-16-5-3-4-6-17(16)12-18/h3-12H,13H2,1-2H3,(H,22,25). The lowest BCUT2D eigenvalue weighted by molar-refractivity contribution is 0.0994. The molecule has 4 rings (SSSR count). The van der Waals surface area contributed by atoms with Gasteiger partial charge in [0.05, 0.1) is 12.2 Å². The Morgan fingerprint density at radius 3 is 2.62 bits per heavy atom. The molecule has 0 fully saturated rings. The number of anilines is 1. The summed E-state index contributed by atoms with van der Waals surface area (Å²) in [5.74, 6) is 0.717. The minimum absolute atomic E-state index is 0.264. The monoisotopic (exact) mass is 345 g/mol. The molecule has 1 N–H and O–H groups in total. The van der Waals surface area contributed by atoms with Gasteiger partial charge in [-0.1, -0.05) is 30.3 Å². The Balaban J connectivity index is 1.49. The van der Waals surface area contributed by atoms with Crippen LogP contribution in [-0.2, 0) is 6.54 Å². The second kappa shape index (κ2) is 6.52. The number of aryl methyl sites for hydroxylation is 2. The summed E-state index contributed by atoms with van der Waals surface area (Å²) in [6.45, 7) is 4.45. The van der Waals surface area contributed by atoms with Gasteiger partial charge in [-0.25, -0.2) is 0 Å². The summed E-state index contributed by atoms with van der Waals surface area (Å²) in [7, 11) is 0. The van der Waals surface area contributed by atoms with Crippen LogP contribution in [0.3, 0.4) is 0 Å². The highest BCUT2D eigenvalue weighted by molar-refractivity contribution is 6.03. The molecule has 2 heterocycles. The summed E-state index contributed by atoms with van der Waals surface area (Å²) < 4.78 is 7.56. The molecule has 5 heteroatoms. The van der Waals surface area contributed by atoms with Crippen molar-refractivity contribution in [3.63, 3.8) is 0 Å². The van der Waals surface area contributed by atoms with Gasteiger partial charge in [-0.3, -0.25) is 9.48 Å². The van der Waals surface area contributed by atoms with E-state index in [-0.39, 0.29) is 11.7 Å². The van der Waals surface area contributed by atoms with Crippen LogP contribution in [0.5, 0.6) is 0 Å². The third kappa shape index (κ3) is 3.24. The third-order valence-electron chi connectivity index (χ3n) is 4.30. The zero-order valence-corrected chi connectivity index (χ0v) is 14.7. The van der Waals surface area contributed by atoms with Crippen molar-refractivity contribution in [1.29, 1.82) is 0 Å². The van der Waals surface area contributed by atoms with Crippen LogP contribution in [-0.4, -0.2) is 15.7 Å². The number of furan rings is 1. The molecule has 0 saturated heterocycles. The fraction of sp³-hybridized carbons (Fsp3) is 0.143. The molecule has 0 unspecified atom stereocenters. The largest absolute Gasteiger partial charge is 0.454 e. The molecule has 2 aromatic carbocycles. The van der Waals surface area contributed by atoms with E-state index >= 15 is 0 Å². The normalized spacial score (nSPS) is 11.0. The van der Waals surface area contributed by atoms with E-state index < -0.39 is 0 Å². The van der Waals surface area contributed by atoms with Crippen molar-refractivity contribution in [3.8, 4) is 0 Å². The number of hydrogen-bond acceptors (Lipinski definition) is 3. The summed E-state index contributed by atoms with van der Waals surface area (Å²) in [4.78, 5) is 12.5. The second-order valence-electron chi connectivity index (χ2n) is 6.37. The maximum Gasteiger partial charge on any atom is 0.291 e. The van der Waals surface area contributed by atoms with Crippen LogP contribution in [0.2, 0.25) is 0 Å². The topological polar surface area (TPSA) is 60.1 Å². The first kappa shape index (κ1) is 16.1. The molecule has 0 aliphatic carbocycles. The molecule has 1 amide bonds. The zero-order chi connectivity index (χ0) is 18.1. The van der Waals surface area contributed by atoms with Gasteiger partial charge < -0.3 is 9.73 Å². The van der Waals surface area contributed by atoms with Crippen LogP contribution in [0.4, 0.5) is 5.69 Å². The van der Waals surface area contributed by atoms with Gasteiger partial charge in [0.15, 0.2) is 5.76 Å². The Morgan fingerprint density at radius 1 is 1.04 bits per heavy atom. The number of amides is 1. The van der Waals surface area contributed by atoms with E-state index in [9.17, 15) is 4.79 Å². The van der Waals surface area contributed by atoms with Crippen LogP contribution in [0, 0.1) is 13.8 Å². The van der Waals surface area contributed by atoms with Crippen molar-refractivity contribution >= 4 is 22.4 Å². The molecule has 2 aromatic heterocycles. The van der Waals surface area contributed by atoms with Crippen LogP contribution >= 0.6 is 0 Å². The number of rotatable bonds is 4. The molecular formula is C21H19N3O2. The molecule has 26 heavy (non-hydrogen) atoms. The zero-order valence-electron chi connectivity index (χ0n) is 14.7. The molecule has 0 aliphatic rings. The first-order valence-corrected chi connectivity index (χ1v) is 8.48. The summed E-state index contributed by atoms with van der Waals surface area (Å²) in [6, 6.07) is 19.4. The summed E-state index contributed by atoms with van der Waals surface area (Å²) >= 11 is 0. The number of aromatic nitrogens is 2. The molecule has 0 bridgehead atoms. The van der Waals surface area contributed by atoms with Gasteiger partial charge in [0.2, 0.25) is 0 Å². The van der Waals surface area contributed by atoms with Gasteiger partial charge in [-0.05, 0) is 55.0 Å². The summed E-state index contributed by atoms with van der Waals surface area (Å²) in [5, 5.41) is 9.51. The lowest BCUT2D eigenvalue weighted by Crippen LogP contribution is -2.10. The number of fused-ring (bicyclic) bond motifs is 1. The molecule has 0 atom stereocenters. The minimum atomic E-state index is -0.264. The lowest BCUT2D eigenvalue weighted by atomic mass is 10.1. The molecule has 0 aliphatic heterocycles. The average molecular weight is 345 g/mol. The van der Waals surface area contributed by atoms with Crippen LogP contribution in [0.1, 0.15) is 27.7 Å². The Bertz CT molecular complexity index is 1090. The number of nitrogens with zero attached hydrogens (tertiary/aromatic N) is 2. The van der Waals surface area contributed by atoms with E-state index in [2.05, 4.69) is 10.4 Å². The average Bonchev–Trinajstić information content (AvgIpc) is 3.21. The van der Waals surface area contributed by atoms with Crippen LogP contribution in [0.25, 0.3) is 10.8 Å². The van der Waals surface area contributed by atoms with E-state index in [0.717, 1.165) is 27.8 Å². The van der Waals surface area contributed by atoms with E-state index in [4.69, 9.17) is 4.42 Å². The van der Waals surface area contributed by atoms with Gasteiger partial charge in [0.25, 0.3) is 5.91 Å². The minimum Gasteiger partial charge on any atom is -0.454 e. The molecule has 130 valence electrons. The molecule has 4 aromatic rings. The van der Waals surface area contributed by atoms with E-state index in [1.165, 1.54) is 0 Å². The maximum absolute atomic E-state index is 12.5. The van der Waals surface area contributed by atoms with Crippen LogP contribution in [0.15, 0.2) is 65.1 Å². The van der Waals surface area contributed by atoms with Gasteiger partial charge in [-0.15, -0.1) is 0 Å². The Morgan fingerprint density at radius 2 is 1.85 bits per heavy atom. The number of carbonyl (C=O) groups excluding carboxylic acids is 1. The fourth-order valence-corrected chi connectivity index (χ4v) is 3.03. The Labute approximate surface area is 151 Å². The number of nitrogens with one attached hydrogen (secondary N) is 1. The first-order chi connectivity index (χ1) is 12.6. The predicted octanol–water partition coefficient (Wildman–Crippen LogP) is 4.55. The van der Waals surface area contributed by atoms with Crippen molar-refractivity contribution in [1.82, 2.24) is 9.78 Å². The van der Waals surface area contributed by atoms with Gasteiger partial charge in [0, 0.05) is 11.4 Å². The molecule has 0 spiro atoms. The van der Waals surface area contributed by atoms with Crippen molar-refractivity contribution in [2.45, 2.75) is 20.4 Å². The molecule has 0 saturated carbocycles. The predicted molar refractivity (Wildman–Crippen MR) is 101 cm³/mol. The quantitative estimate of drug-likeness (QED) is 0.590. The van der Waals surface area contributed by atoms with E-state index in [1.54, 1.807) is 6.07 Å². The maximum atomic E-state index is 12.5. The van der Waals surface area contributed by atoms with Gasteiger partial charge in [-0.2, -0.15) is 5.10 Å². The molecule has 5 nitrogen and oxygen atoms in total. The second-order valence-corrected chi connectivity index (χ2v) is 6.37. The van der Waals surface area contributed by atoms with Crippen molar-refractivity contribution in [2.24, 2.45) is 0 Å². The smallest absolute Gasteiger partial charge is 0.291 e. The van der Waals surface area contributed by atoms with E-state index in [0.29, 0.717) is 12.3 Å². The number of hydrogen-bond donors (Lipinski definition) is 1. The Hall–Kier alpha value is -3.34. The fourth-order valence-electron chi connectivity index (χ4n) is 3.03. The lowest BCUT2D eigenvalue weighted by Gasteiger charge is -2.05. The third-order valence-corrected chi connectivity index (χ3v) is 4.30. The molecule has 0 radical (unpaired) electrons. The van der Waals surface area contributed by atoms with Gasteiger partial charge in [0.1, 0.15) is 5.76 Å². The van der Waals surface area contributed by atoms with Gasteiger partial charge >= 0.3 is 0 Å². The number of carbonyl (C=O) groups is 1. The van der Waals surface area contributed by atoms with E-state index in [1.807, 2.05) is 73.1 Å². The summed E-state index contributed by atoms with van der Waals surface area (Å²) in [6.07, 6.45) is 0. The Kier molecular flexibility index (Phi) is 4.05.